The fourth-order valence-electron chi connectivity index (χ4n) is 4.03. The van der Waals surface area contributed by atoms with Crippen LogP contribution in [-0.2, 0) is 13.1 Å². The molecule has 5 rings (SSSR count). The van der Waals surface area contributed by atoms with Gasteiger partial charge < -0.3 is 10.5 Å². The van der Waals surface area contributed by atoms with E-state index in [-0.39, 0.29) is 11.6 Å². The van der Waals surface area contributed by atoms with Crippen molar-refractivity contribution in [1.82, 2.24) is 24.5 Å². The Morgan fingerprint density at radius 2 is 2.10 bits per heavy atom. The monoisotopic (exact) mass is 438 g/mol. The standard InChI is InChI=1S/C22H20ClFN6O/c1-3-29-21-13-6-19(22(25)26-9-13)31-12(2)17-7-15(24)4-5-16(17)18-8-20(23)28-30(18)11-14(21)10-27-29/h4-10,12H,3,11H2,1-2H3,(H2,25,26). The number of aromatic nitrogens is 5. The van der Waals surface area contributed by atoms with E-state index in [0.29, 0.717) is 29.6 Å². The summed E-state index contributed by atoms with van der Waals surface area (Å²) in [6, 6.07) is 8.22. The lowest BCUT2D eigenvalue weighted by Crippen LogP contribution is -2.12. The third-order valence-electron chi connectivity index (χ3n) is 5.47. The summed E-state index contributed by atoms with van der Waals surface area (Å²) in [6.45, 7) is 4.99. The van der Waals surface area contributed by atoms with E-state index in [2.05, 4.69) is 15.2 Å². The SMILES string of the molecule is CCn1ncc2c1-c1cnc(N)c(c1)OC(C)c1cc(F)ccc1-c1cc(Cl)nn1C2. The zero-order valence-corrected chi connectivity index (χ0v) is 17.8. The number of nitrogens with zero attached hydrogens (tertiary/aromatic N) is 5. The zero-order valence-electron chi connectivity index (χ0n) is 17.0. The number of hydrogen-bond donors (Lipinski definition) is 1. The minimum Gasteiger partial charge on any atom is -0.482 e. The Hall–Kier alpha value is -3.39. The molecule has 1 aliphatic rings. The molecule has 0 radical (unpaired) electrons. The normalized spacial score (nSPS) is 15.2. The lowest BCUT2D eigenvalue weighted by atomic mass is 9.99. The second-order valence-corrected chi connectivity index (χ2v) is 7.83. The molecular weight excluding hydrogens is 419 g/mol. The van der Waals surface area contributed by atoms with Crippen LogP contribution in [0.25, 0.3) is 22.5 Å². The van der Waals surface area contributed by atoms with Gasteiger partial charge in [0.05, 0.1) is 24.1 Å². The van der Waals surface area contributed by atoms with E-state index in [1.807, 2.05) is 30.8 Å². The molecule has 1 aromatic carbocycles. The Morgan fingerprint density at radius 3 is 2.90 bits per heavy atom. The molecule has 7 nitrogen and oxygen atoms in total. The molecule has 1 aliphatic heterocycles. The number of halogens is 2. The predicted molar refractivity (Wildman–Crippen MR) is 116 cm³/mol. The molecule has 31 heavy (non-hydrogen) atoms. The lowest BCUT2D eigenvalue weighted by molar-refractivity contribution is 0.227. The number of hydrogen-bond acceptors (Lipinski definition) is 5. The number of nitrogen functional groups attached to an aromatic ring is 1. The maximum Gasteiger partial charge on any atom is 0.166 e. The molecule has 0 saturated carbocycles. The first-order valence-corrected chi connectivity index (χ1v) is 10.3. The molecule has 0 fully saturated rings. The molecule has 4 aromatic rings. The van der Waals surface area contributed by atoms with Crippen molar-refractivity contribution >= 4 is 17.4 Å². The lowest BCUT2D eigenvalue weighted by Gasteiger charge is -2.21. The van der Waals surface area contributed by atoms with Gasteiger partial charge in [-0.1, -0.05) is 11.6 Å². The van der Waals surface area contributed by atoms with Gasteiger partial charge in [-0.05, 0) is 38.1 Å². The first-order chi connectivity index (χ1) is 14.9. The third kappa shape index (κ3) is 3.33. The van der Waals surface area contributed by atoms with Gasteiger partial charge >= 0.3 is 0 Å². The molecule has 0 saturated heterocycles. The fraction of sp³-hybridized carbons (Fsp3) is 0.227. The van der Waals surface area contributed by atoms with Crippen molar-refractivity contribution in [3.63, 3.8) is 0 Å². The van der Waals surface area contributed by atoms with Crippen LogP contribution in [0.4, 0.5) is 10.2 Å². The molecule has 1 atom stereocenters. The van der Waals surface area contributed by atoms with Crippen LogP contribution in [0.1, 0.15) is 31.1 Å². The van der Waals surface area contributed by atoms with Crippen LogP contribution in [-0.4, -0.2) is 24.5 Å². The van der Waals surface area contributed by atoms with Crippen molar-refractivity contribution in [3.8, 4) is 28.3 Å². The van der Waals surface area contributed by atoms with Gasteiger partial charge in [-0.2, -0.15) is 10.2 Å². The molecule has 0 spiro atoms. The van der Waals surface area contributed by atoms with Crippen molar-refractivity contribution in [1.29, 1.82) is 0 Å². The van der Waals surface area contributed by atoms with Gasteiger partial charge in [0.15, 0.2) is 16.7 Å². The third-order valence-corrected chi connectivity index (χ3v) is 5.66. The summed E-state index contributed by atoms with van der Waals surface area (Å²) in [5.41, 5.74) is 11.0. The second-order valence-electron chi connectivity index (χ2n) is 7.44. The quantitative estimate of drug-likeness (QED) is 0.465. The second kappa shape index (κ2) is 7.39. The Bertz CT molecular complexity index is 1300. The van der Waals surface area contributed by atoms with Crippen molar-refractivity contribution in [2.75, 3.05) is 5.73 Å². The van der Waals surface area contributed by atoms with E-state index < -0.39 is 6.10 Å². The van der Waals surface area contributed by atoms with E-state index in [0.717, 1.165) is 28.1 Å². The Labute approximate surface area is 183 Å². The molecule has 2 N–H and O–H groups in total. The first-order valence-electron chi connectivity index (χ1n) is 9.95. The van der Waals surface area contributed by atoms with Crippen molar-refractivity contribution in [3.05, 3.63) is 64.8 Å². The van der Waals surface area contributed by atoms with Gasteiger partial charge in [0.25, 0.3) is 0 Å². The van der Waals surface area contributed by atoms with Crippen LogP contribution in [0.3, 0.4) is 0 Å². The van der Waals surface area contributed by atoms with Crippen LogP contribution in [0.2, 0.25) is 5.15 Å². The first kappa shape index (κ1) is 19.6. The zero-order chi connectivity index (χ0) is 21.7. The molecule has 4 heterocycles. The maximum absolute atomic E-state index is 14.2. The average molecular weight is 439 g/mol. The van der Waals surface area contributed by atoms with Crippen LogP contribution in [0.5, 0.6) is 5.75 Å². The van der Waals surface area contributed by atoms with Gasteiger partial charge in [-0.3, -0.25) is 9.36 Å². The highest BCUT2D eigenvalue weighted by atomic mass is 35.5. The van der Waals surface area contributed by atoms with E-state index >= 15 is 0 Å². The minimum atomic E-state index is -0.498. The summed E-state index contributed by atoms with van der Waals surface area (Å²) in [7, 11) is 0. The van der Waals surface area contributed by atoms with Crippen molar-refractivity contribution in [2.24, 2.45) is 0 Å². The molecule has 9 heteroatoms. The van der Waals surface area contributed by atoms with E-state index in [1.54, 1.807) is 23.0 Å². The van der Waals surface area contributed by atoms with Crippen molar-refractivity contribution in [2.45, 2.75) is 33.0 Å². The summed E-state index contributed by atoms with van der Waals surface area (Å²) >= 11 is 6.29. The van der Waals surface area contributed by atoms with Gasteiger partial charge in [0.2, 0.25) is 0 Å². The predicted octanol–water partition coefficient (Wildman–Crippen LogP) is 4.70. The van der Waals surface area contributed by atoms with Gasteiger partial charge in [0, 0.05) is 41.1 Å². The molecule has 0 aliphatic carbocycles. The van der Waals surface area contributed by atoms with Gasteiger partial charge in [-0.15, -0.1) is 0 Å². The minimum absolute atomic E-state index is 0.266. The van der Waals surface area contributed by atoms with Gasteiger partial charge in [0.1, 0.15) is 11.9 Å². The number of anilines is 1. The molecule has 158 valence electrons. The number of aryl methyl sites for hydroxylation is 1. The van der Waals surface area contributed by atoms with Crippen LogP contribution in [0, 0.1) is 5.82 Å². The number of benzene rings is 1. The van der Waals surface area contributed by atoms with Gasteiger partial charge in [-0.25, -0.2) is 9.37 Å². The summed E-state index contributed by atoms with van der Waals surface area (Å²) in [5, 5.41) is 9.36. The summed E-state index contributed by atoms with van der Waals surface area (Å²) in [5.74, 6) is 0.342. The smallest absolute Gasteiger partial charge is 0.166 e. The Balaban J connectivity index is 1.81. The number of pyridine rings is 1. The molecule has 3 aromatic heterocycles. The van der Waals surface area contributed by atoms with Crippen LogP contribution in [0.15, 0.2) is 42.7 Å². The molecule has 2 bridgehead atoms. The highest BCUT2D eigenvalue weighted by Crippen LogP contribution is 2.37. The van der Waals surface area contributed by atoms with Crippen LogP contribution >= 0.6 is 11.6 Å². The molecule has 1 unspecified atom stereocenters. The largest absolute Gasteiger partial charge is 0.482 e. The van der Waals surface area contributed by atoms with E-state index in [1.165, 1.54) is 12.1 Å². The number of nitrogens with two attached hydrogens (primary N) is 1. The highest BCUT2D eigenvalue weighted by Gasteiger charge is 2.23. The summed E-state index contributed by atoms with van der Waals surface area (Å²) in [6.07, 6.45) is 3.02. The number of fused-ring (bicyclic) bond motifs is 7. The summed E-state index contributed by atoms with van der Waals surface area (Å²) in [4.78, 5) is 4.33. The average Bonchev–Trinajstić information content (AvgIpc) is 3.32. The fourth-order valence-corrected chi connectivity index (χ4v) is 4.23. The maximum atomic E-state index is 14.2. The van der Waals surface area contributed by atoms with Crippen molar-refractivity contribution < 1.29 is 9.13 Å². The Kier molecular flexibility index (Phi) is 4.66. The van der Waals surface area contributed by atoms with Crippen LogP contribution < -0.4 is 10.5 Å². The van der Waals surface area contributed by atoms with E-state index in [9.17, 15) is 4.39 Å². The molecule has 0 amide bonds. The highest BCUT2D eigenvalue weighted by molar-refractivity contribution is 6.29. The summed E-state index contributed by atoms with van der Waals surface area (Å²) < 4.78 is 24.1. The number of ether oxygens (including phenoxy) is 1. The van der Waals surface area contributed by atoms with E-state index in [4.69, 9.17) is 22.1 Å². The Morgan fingerprint density at radius 1 is 1.26 bits per heavy atom. The molecular formula is C22H20ClFN6O. The number of rotatable bonds is 1. The topological polar surface area (TPSA) is 83.8 Å².